The first-order valence-electron chi connectivity index (χ1n) is 5.50. The standard InChI is InChI=1S/C12H14N4O2S/c1-7-11(19-12(13)14-7)16-15-9-5-4-8(17-2)6-10(9)18-3/h4-6H,1-3H3,(H2,13,14). The molecule has 6 nitrogen and oxygen atoms in total. The molecule has 1 aromatic carbocycles. The molecule has 0 aliphatic rings. The Morgan fingerprint density at radius 2 is 2.00 bits per heavy atom. The van der Waals surface area contributed by atoms with Crippen molar-refractivity contribution in [2.45, 2.75) is 6.92 Å². The van der Waals surface area contributed by atoms with E-state index in [2.05, 4.69) is 15.2 Å². The lowest BCUT2D eigenvalue weighted by atomic mass is 10.3. The second kappa shape index (κ2) is 5.66. The number of aromatic nitrogens is 1. The summed E-state index contributed by atoms with van der Waals surface area (Å²) in [4.78, 5) is 4.08. The number of hydrogen-bond donors (Lipinski definition) is 1. The smallest absolute Gasteiger partial charge is 0.182 e. The summed E-state index contributed by atoms with van der Waals surface area (Å²) < 4.78 is 10.4. The Labute approximate surface area is 114 Å². The topological polar surface area (TPSA) is 82.1 Å². The molecule has 0 atom stereocenters. The Morgan fingerprint density at radius 1 is 1.21 bits per heavy atom. The van der Waals surface area contributed by atoms with E-state index in [1.807, 2.05) is 6.92 Å². The van der Waals surface area contributed by atoms with Gasteiger partial charge in [-0.1, -0.05) is 11.3 Å². The minimum Gasteiger partial charge on any atom is -0.497 e. The van der Waals surface area contributed by atoms with Crippen LogP contribution in [-0.4, -0.2) is 19.2 Å². The van der Waals surface area contributed by atoms with Gasteiger partial charge in [0, 0.05) is 6.07 Å². The van der Waals surface area contributed by atoms with Crippen molar-refractivity contribution >= 4 is 27.2 Å². The Balaban J connectivity index is 2.30. The van der Waals surface area contributed by atoms with Gasteiger partial charge < -0.3 is 15.2 Å². The number of nitrogen functional groups attached to an aromatic ring is 1. The molecule has 2 aromatic rings. The van der Waals surface area contributed by atoms with Gasteiger partial charge in [-0.3, -0.25) is 0 Å². The maximum atomic E-state index is 5.61. The molecule has 2 N–H and O–H groups in total. The molecule has 100 valence electrons. The van der Waals surface area contributed by atoms with Gasteiger partial charge in [-0.2, -0.15) is 0 Å². The first-order chi connectivity index (χ1) is 9.13. The van der Waals surface area contributed by atoms with E-state index in [0.29, 0.717) is 27.3 Å². The zero-order chi connectivity index (χ0) is 13.8. The van der Waals surface area contributed by atoms with Crippen molar-refractivity contribution in [3.8, 4) is 11.5 Å². The number of methoxy groups -OCH3 is 2. The minimum atomic E-state index is 0.480. The molecular weight excluding hydrogens is 264 g/mol. The Kier molecular flexibility index (Phi) is 3.96. The highest BCUT2D eigenvalue weighted by Crippen LogP contribution is 2.35. The normalized spacial score (nSPS) is 10.9. The molecule has 0 aliphatic carbocycles. The molecule has 0 saturated carbocycles. The SMILES string of the molecule is COc1ccc(N=Nc2sc(N)nc2C)c(OC)c1. The highest BCUT2D eigenvalue weighted by Gasteiger charge is 2.06. The number of anilines is 1. The largest absolute Gasteiger partial charge is 0.497 e. The molecule has 0 fully saturated rings. The molecule has 1 aromatic heterocycles. The van der Waals surface area contributed by atoms with E-state index >= 15 is 0 Å². The molecule has 1 heterocycles. The maximum absolute atomic E-state index is 5.61. The Hall–Kier alpha value is -2.15. The number of hydrogen-bond acceptors (Lipinski definition) is 7. The van der Waals surface area contributed by atoms with E-state index in [1.54, 1.807) is 32.4 Å². The van der Waals surface area contributed by atoms with E-state index in [1.165, 1.54) is 11.3 Å². The van der Waals surface area contributed by atoms with Gasteiger partial charge in [-0.25, -0.2) is 4.98 Å². The van der Waals surface area contributed by atoms with Gasteiger partial charge in [-0.05, 0) is 19.1 Å². The van der Waals surface area contributed by atoms with Crippen LogP contribution in [0.2, 0.25) is 0 Å². The third-order valence-corrected chi connectivity index (χ3v) is 3.29. The number of nitrogens with two attached hydrogens (primary N) is 1. The molecule has 0 aliphatic heterocycles. The summed E-state index contributed by atoms with van der Waals surface area (Å²) >= 11 is 1.30. The minimum absolute atomic E-state index is 0.480. The van der Waals surface area contributed by atoms with Crippen molar-refractivity contribution in [3.63, 3.8) is 0 Å². The highest BCUT2D eigenvalue weighted by molar-refractivity contribution is 7.19. The van der Waals surface area contributed by atoms with E-state index in [-0.39, 0.29) is 0 Å². The van der Waals surface area contributed by atoms with Gasteiger partial charge in [0.2, 0.25) is 0 Å². The summed E-state index contributed by atoms with van der Waals surface area (Å²) in [6.07, 6.45) is 0. The summed E-state index contributed by atoms with van der Waals surface area (Å²) in [7, 11) is 3.17. The number of thiazole rings is 1. The van der Waals surface area contributed by atoms with Crippen molar-refractivity contribution in [1.82, 2.24) is 4.98 Å². The van der Waals surface area contributed by atoms with Crippen molar-refractivity contribution in [3.05, 3.63) is 23.9 Å². The second-order valence-corrected chi connectivity index (χ2v) is 4.69. The number of aryl methyl sites for hydroxylation is 1. The lowest BCUT2D eigenvalue weighted by molar-refractivity contribution is 0.395. The molecule has 2 rings (SSSR count). The molecule has 0 radical (unpaired) electrons. The van der Waals surface area contributed by atoms with Gasteiger partial charge in [0.05, 0.1) is 19.9 Å². The van der Waals surface area contributed by atoms with Crippen molar-refractivity contribution < 1.29 is 9.47 Å². The van der Waals surface area contributed by atoms with Crippen LogP contribution < -0.4 is 15.2 Å². The van der Waals surface area contributed by atoms with Crippen LogP contribution in [0.5, 0.6) is 11.5 Å². The predicted octanol–water partition coefficient (Wildman–Crippen LogP) is 3.47. The quantitative estimate of drug-likeness (QED) is 0.868. The number of azo groups is 1. The average Bonchev–Trinajstić information content (AvgIpc) is 2.74. The Morgan fingerprint density at radius 3 is 2.58 bits per heavy atom. The van der Waals surface area contributed by atoms with Crippen molar-refractivity contribution in [2.24, 2.45) is 10.2 Å². The third kappa shape index (κ3) is 3.00. The second-order valence-electron chi connectivity index (χ2n) is 3.68. The van der Waals surface area contributed by atoms with Crippen LogP contribution in [0.1, 0.15) is 5.69 Å². The van der Waals surface area contributed by atoms with Crippen LogP contribution in [0.25, 0.3) is 0 Å². The van der Waals surface area contributed by atoms with Crippen LogP contribution in [0.4, 0.5) is 15.8 Å². The van der Waals surface area contributed by atoms with Gasteiger partial charge >= 0.3 is 0 Å². The molecule has 0 unspecified atom stereocenters. The zero-order valence-corrected chi connectivity index (χ0v) is 11.7. The summed E-state index contributed by atoms with van der Waals surface area (Å²) in [6, 6.07) is 5.33. The lowest BCUT2D eigenvalue weighted by Crippen LogP contribution is -1.86. The van der Waals surface area contributed by atoms with Gasteiger partial charge in [-0.15, -0.1) is 10.2 Å². The van der Waals surface area contributed by atoms with E-state index in [9.17, 15) is 0 Å². The molecule has 0 amide bonds. The van der Waals surface area contributed by atoms with Gasteiger partial charge in [0.15, 0.2) is 10.1 Å². The average molecular weight is 278 g/mol. The number of nitrogens with zero attached hydrogens (tertiary/aromatic N) is 3. The summed E-state index contributed by atoms with van der Waals surface area (Å²) in [5.41, 5.74) is 6.99. The molecule has 7 heteroatoms. The third-order valence-electron chi connectivity index (χ3n) is 2.42. The molecule has 0 bridgehead atoms. The van der Waals surface area contributed by atoms with Crippen molar-refractivity contribution in [1.29, 1.82) is 0 Å². The summed E-state index contributed by atoms with van der Waals surface area (Å²) in [6.45, 7) is 1.84. The summed E-state index contributed by atoms with van der Waals surface area (Å²) in [5, 5.41) is 9.47. The first-order valence-corrected chi connectivity index (χ1v) is 6.32. The van der Waals surface area contributed by atoms with E-state index in [0.717, 1.165) is 5.69 Å². The first kappa shape index (κ1) is 13.3. The molecule has 0 saturated heterocycles. The molecule has 19 heavy (non-hydrogen) atoms. The molecular formula is C12H14N4O2S. The fourth-order valence-electron chi connectivity index (χ4n) is 1.47. The Bertz CT molecular complexity index is 610. The van der Waals surface area contributed by atoms with Crippen LogP contribution in [-0.2, 0) is 0 Å². The van der Waals surface area contributed by atoms with Crippen LogP contribution in [0, 0.1) is 6.92 Å². The highest BCUT2D eigenvalue weighted by atomic mass is 32.1. The lowest BCUT2D eigenvalue weighted by Gasteiger charge is -2.05. The van der Waals surface area contributed by atoms with Crippen molar-refractivity contribution in [2.75, 3.05) is 20.0 Å². The van der Waals surface area contributed by atoms with Crippen LogP contribution >= 0.6 is 11.3 Å². The van der Waals surface area contributed by atoms with Crippen LogP contribution in [0.15, 0.2) is 28.4 Å². The maximum Gasteiger partial charge on any atom is 0.182 e. The predicted molar refractivity (Wildman–Crippen MR) is 75.0 cm³/mol. The summed E-state index contributed by atoms with van der Waals surface area (Å²) in [5.74, 6) is 1.30. The van der Waals surface area contributed by atoms with Crippen LogP contribution in [0.3, 0.4) is 0 Å². The number of rotatable bonds is 4. The monoisotopic (exact) mass is 278 g/mol. The number of ether oxygens (including phenoxy) is 2. The fraction of sp³-hybridized carbons (Fsp3) is 0.250. The zero-order valence-electron chi connectivity index (χ0n) is 10.9. The van der Waals surface area contributed by atoms with E-state index in [4.69, 9.17) is 15.2 Å². The number of benzene rings is 1. The van der Waals surface area contributed by atoms with Gasteiger partial charge in [0.1, 0.15) is 17.2 Å². The fourth-order valence-corrected chi connectivity index (χ4v) is 2.12. The van der Waals surface area contributed by atoms with Gasteiger partial charge in [0.25, 0.3) is 0 Å². The van der Waals surface area contributed by atoms with E-state index < -0.39 is 0 Å². The molecule has 0 spiro atoms.